The lowest BCUT2D eigenvalue weighted by atomic mass is 9.96. The number of thioether (sulfide) groups is 1. The van der Waals surface area contributed by atoms with E-state index in [0.29, 0.717) is 39.4 Å². The molecule has 6 rings (SSSR count). The normalized spacial score (nSPS) is 16.4. The molecule has 3 aromatic heterocycles. The number of hydrogen-bond donors (Lipinski definition) is 1. The van der Waals surface area contributed by atoms with E-state index in [4.69, 9.17) is 4.74 Å². The van der Waals surface area contributed by atoms with Gasteiger partial charge < -0.3 is 14.2 Å². The summed E-state index contributed by atoms with van der Waals surface area (Å²) in [5.41, 5.74) is 3.77. The number of hydrogen-bond acceptors (Lipinski definition) is 9. The summed E-state index contributed by atoms with van der Waals surface area (Å²) < 4.78 is 21.3. The van der Waals surface area contributed by atoms with Crippen molar-refractivity contribution in [2.75, 3.05) is 11.5 Å². The molecule has 1 fully saturated rings. The van der Waals surface area contributed by atoms with E-state index in [2.05, 4.69) is 15.2 Å². The molecule has 0 radical (unpaired) electrons. The molecule has 1 saturated heterocycles. The van der Waals surface area contributed by atoms with Crippen molar-refractivity contribution in [1.82, 2.24) is 19.6 Å². The van der Waals surface area contributed by atoms with Gasteiger partial charge in [0.15, 0.2) is 10.1 Å². The summed E-state index contributed by atoms with van der Waals surface area (Å²) in [6, 6.07) is 16.0. The van der Waals surface area contributed by atoms with Crippen LogP contribution in [0.1, 0.15) is 41.0 Å². The van der Waals surface area contributed by atoms with Gasteiger partial charge in [0.25, 0.3) is 5.78 Å². The predicted octanol–water partition coefficient (Wildman–Crippen LogP) is 6.26. The zero-order valence-electron chi connectivity index (χ0n) is 23.4. The van der Waals surface area contributed by atoms with E-state index in [1.54, 1.807) is 43.3 Å². The molecular weight excluding hydrogens is 590 g/mol. The first-order valence-electron chi connectivity index (χ1n) is 13.5. The Morgan fingerprint density at radius 3 is 2.51 bits per heavy atom. The summed E-state index contributed by atoms with van der Waals surface area (Å²) in [4.78, 5) is 33.2. The highest BCUT2D eigenvalue weighted by molar-refractivity contribution is 8.00. The molecule has 1 aliphatic heterocycles. The Bertz CT molecular complexity index is 1880. The van der Waals surface area contributed by atoms with E-state index in [-0.39, 0.29) is 28.0 Å². The fourth-order valence-electron chi connectivity index (χ4n) is 5.02. The number of imidazole rings is 1. The molecule has 1 N–H and O–H groups in total. The van der Waals surface area contributed by atoms with Gasteiger partial charge in [-0.05, 0) is 67.8 Å². The Morgan fingerprint density at radius 2 is 1.81 bits per heavy atom. The van der Waals surface area contributed by atoms with Gasteiger partial charge in [-0.25, -0.2) is 9.37 Å². The average molecular weight is 616 g/mol. The van der Waals surface area contributed by atoms with Crippen molar-refractivity contribution in [2.24, 2.45) is 0 Å². The van der Waals surface area contributed by atoms with Crippen LogP contribution in [0, 0.1) is 19.7 Å². The number of aryl methyl sites for hydroxylation is 2. The van der Waals surface area contributed by atoms with Crippen LogP contribution < -0.4 is 9.64 Å². The van der Waals surface area contributed by atoms with E-state index in [0.717, 1.165) is 22.5 Å². The van der Waals surface area contributed by atoms with Crippen molar-refractivity contribution < 1.29 is 23.8 Å². The molecule has 218 valence electrons. The Hall–Kier alpha value is -4.55. The molecule has 0 bridgehead atoms. The van der Waals surface area contributed by atoms with Crippen molar-refractivity contribution in [3.05, 3.63) is 106 Å². The topological polar surface area (TPSA) is 110 Å². The minimum absolute atomic E-state index is 0.0889. The maximum absolute atomic E-state index is 13.6. The second-order valence-electron chi connectivity index (χ2n) is 9.87. The Balaban J connectivity index is 1.43. The minimum atomic E-state index is -0.983. The van der Waals surface area contributed by atoms with E-state index in [1.165, 1.54) is 28.8 Å². The number of anilines is 1. The molecule has 0 saturated carbocycles. The van der Waals surface area contributed by atoms with Crippen molar-refractivity contribution >= 4 is 51.3 Å². The van der Waals surface area contributed by atoms with Gasteiger partial charge in [-0.1, -0.05) is 53.4 Å². The lowest BCUT2D eigenvalue weighted by molar-refractivity contribution is -0.132. The fourth-order valence-corrected chi connectivity index (χ4v) is 6.84. The number of ketones is 1. The number of ether oxygens (including phenoxy) is 1. The number of aliphatic hydroxyl groups excluding tert-OH is 1. The van der Waals surface area contributed by atoms with Crippen LogP contribution >= 0.6 is 23.1 Å². The molecule has 4 heterocycles. The molecule has 0 spiro atoms. The number of aromatic nitrogens is 4. The molecule has 12 heteroatoms. The highest BCUT2D eigenvalue weighted by atomic mass is 32.2. The third-order valence-electron chi connectivity index (χ3n) is 7.14. The van der Waals surface area contributed by atoms with Crippen LogP contribution in [0.3, 0.4) is 0 Å². The number of fused-ring (bicyclic) bond motifs is 1. The zero-order chi connectivity index (χ0) is 30.2. The van der Waals surface area contributed by atoms with Gasteiger partial charge in [-0.3, -0.25) is 14.5 Å². The summed E-state index contributed by atoms with van der Waals surface area (Å²) in [6.07, 6.45) is 1.83. The lowest BCUT2D eigenvalue weighted by Crippen LogP contribution is -2.29. The number of halogens is 1. The number of rotatable bonds is 8. The fraction of sp³-hybridized carbons (Fsp3) is 0.194. The molecule has 1 unspecified atom stereocenters. The van der Waals surface area contributed by atoms with Crippen LogP contribution in [-0.2, 0) is 15.3 Å². The summed E-state index contributed by atoms with van der Waals surface area (Å²) >= 11 is 2.54. The predicted molar refractivity (Wildman–Crippen MR) is 163 cm³/mol. The minimum Gasteiger partial charge on any atom is -0.505 e. The zero-order valence-corrected chi connectivity index (χ0v) is 25.1. The number of benzene rings is 2. The quantitative estimate of drug-likeness (QED) is 0.0717. The van der Waals surface area contributed by atoms with Gasteiger partial charge in [0.2, 0.25) is 5.13 Å². The maximum Gasteiger partial charge on any atom is 0.301 e. The first kappa shape index (κ1) is 28.6. The molecular formula is C31H26FN5O4S2. The number of amides is 1. The molecule has 9 nitrogen and oxygen atoms in total. The number of nitrogens with zero attached hydrogens (tertiary/aromatic N) is 5. The van der Waals surface area contributed by atoms with Gasteiger partial charge in [0.1, 0.15) is 22.9 Å². The number of aliphatic hydroxyl groups is 1. The van der Waals surface area contributed by atoms with E-state index in [1.807, 2.05) is 36.6 Å². The first-order chi connectivity index (χ1) is 20.8. The second kappa shape index (κ2) is 11.6. The van der Waals surface area contributed by atoms with Crippen molar-refractivity contribution in [1.29, 1.82) is 0 Å². The Morgan fingerprint density at radius 1 is 1.07 bits per heavy atom. The molecule has 1 amide bonds. The average Bonchev–Trinajstić information content (AvgIpc) is 3.68. The molecule has 2 aromatic carbocycles. The van der Waals surface area contributed by atoms with E-state index >= 15 is 0 Å². The molecule has 43 heavy (non-hydrogen) atoms. The SMILES string of the molecule is CCOc1ccc(C2C(=C(O)c3nc4c(C)cccn4c3C)C(=O)C(=O)N2c2nnc(SCc3ccc(F)cc3)s2)cc1. The summed E-state index contributed by atoms with van der Waals surface area (Å²) in [5.74, 6) is -1.21. The first-order valence-corrected chi connectivity index (χ1v) is 15.3. The van der Waals surface area contributed by atoms with Crippen molar-refractivity contribution in [3.8, 4) is 5.75 Å². The van der Waals surface area contributed by atoms with Gasteiger partial charge in [-0.2, -0.15) is 0 Å². The third-order valence-corrected chi connectivity index (χ3v) is 9.26. The lowest BCUT2D eigenvalue weighted by Gasteiger charge is -2.22. The van der Waals surface area contributed by atoms with Crippen LogP contribution in [-0.4, -0.2) is 43.0 Å². The smallest absolute Gasteiger partial charge is 0.301 e. The van der Waals surface area contributed by atoms with Crippen molar-refractivity contribution in [2.45, 2.75) is 36.9 Å². The molecule has 0 aliphatic carbocycles. The van der Waals surface area contributed by atoms with Crippen LogP contribution in [0.2, 0.25) is 0 Å². The van der Waals surface area contributed by atoms with Gasteiger partial charge >= 0.3 is 5.91 Å². The standard InChI is InChI=1S/C31H26FN5O4S2/c1-4-41-22-13-9-20(10-14-22)25-23(26(38)24-18(3)36-15-5-6-17(2)28(36)33-24)27(39)29(40)37(25)30-34-35-31(43-30)42-16-19-7-11-21(32)12-8-19/h5-15,25,38H,4,16H2,1-3H3. The largest absolute Gasteiger partial charge is 0.505 e. The highest BCUT2D eigenvalue weighted by Crippen LogP contribution is 2.44. The van der Waals surface area contributed by atoms with E-state index < -0.39 is 17.7 Å². The molecule has 1 aliphatic rings. The summed E-state index contributed by atoms with van der Waals surface area (Å²) in [6.45, 7) is 6.06. The van der Waals surface area contributed by atoms with Crippen LogP contribution in [0.15, 0.2) is 76.8 Å². The second-order valence-corrected chi connectivity index (χ2v) is 12.0. The molecule has 5 aromatic rings. The van der Waals surface area contributed by atoms with Crippen LogP contribution in [0.5, 0.6) is 5.75 Å². The highest BCUT2D eigenvalue weighted by Gasteiger charge is 2.49. The van der Waals surface area contributed by atoms with Crippen LogP contribution in [0.25, 0.3) is 11.4 Å². The summed E-state index contributed by atoms with van der Waals surface area (Å²) in [5, 5.41) is 20.4. The van der Waals surface area contributed by atoms with E-state index in [9.17, 15) is 19.1 Å². The van der Waals surface area contributed by atoms with Crippen molar-refractivity contribution in [3.63, 3.8) is 0 Å². The maximum atomic E-state index is 13.6. The number of pyridine rings is 1. The summed E-state index contributed by atoms with van der Waals surface area (Å²) in [7, 11) is 0. The monoisotopic (exact) mass is 615 g/mol. The van der Waals surface area contributed by atoms with Gasteiger partial charge in [0.05, 0.1) is 23.9 Å². The number of carbonyl (C=O) groups is 2. The number of Topliss-reactive ketones (excluding diaryl/α,β-unsaturated/α-hetero) is 1. The number of carbonyl (C=O) groups excluding carboxylic acids is 2. The molecule has 1 atom stereocenters. The third kappa shape index (κ3) is 5.28. The Labute approximate surface area is 254 Å². The van der Waals surface area contributed by atoms with Gasteiger partial charge in [0, 0.05) is 11.9 Å². The van der Waals surface area contributed by atoms with Crippen LogP contribution in [0.4, 0.5) is 9.52 Å². The Kier molecular flexibility index (Phi) is 7.72. The van der Waals surface area contributed by atoms with Gasteiger partial charge in [-0.15, -0.1) is 10.2 Å².